The van der Waals surface area contributed by atoms with Gasteiger partial charge in [0.25, 0.3) is 17.7 Å². The van der Waals surface area contributed by atoms with Crippen LogP contribution in [0.2, 0.25) is 5.02 Å². The minimum atomic E-state index is -1.11. The molecule has 1 saturated heterocycles. The quantitative estimate of drug-likeness (QED) is 0.142. The summed E-state index contributed by atoms with van der Waals surface area (Å²) in [6, 6.07) is 10.2. The number of fused-ring (bicyclic) bond motifs is 4. The van der Waals surface area contributed by atoms with Crippen molar-refractivity contribution in [3.05, 3.63) is 91.8 Å². The van der Waals surface area contributed by atoms with E-state index in [2.05, 4.69) is 40.0 Å². The first kappa shape index (κ1) is 37.6. The second kappa shape index (κ2) is 15.5. The standard InChI is InChI=1S/C38H37ClN8O7S/c1-19-20(2)55-38-31(19)33(22-9-11-23(39)12-10-22)42-25(34-45-44-21(3)46(34)38)17-29(49)40-15-4-5-16-41-30(50)18-54-27-8-6-7-24-32(27)37(53)47(36(24)52)26-13-14-28(48)43-35(26)51/h6-12,25-26H,4-5,13-18H2,1-3H3,(H,40,49)(H,41,50)(H,43,48,51)/t25-,26?/m0/s1. The van der Waals surface area contributed by atoms with E-state index in [-0.39, 0.29) is 42.0 Å². The second-order valence-electron chi connectivity index (χ2n) is 13.4. The van der Waals surface area contributed by atoms with E-state index in [4.69, 9.17) is 21.3 Å². The van der Waals surface area contributed by atoms with E-state index in [1.54, 1.807) is 11.3 Å². The van der Waals surface area contributed by atoms with Gasteiger partial charge in [-0.3, -0.25) is 48.5 Å². The summed E-state index contributed by atoms with van der Waals surface area (Å²) in [5, 5.41) is 18.2. The van der Waals surface area contributed by atoms with Crippen molar-refractivity contribution in [3.63, 3.8) is 0 Å². The smallest absolute Gasteiger partial charge is 0.266 e. The number of nitrogens with zero attached hydrogens (tertiary/aromatic N) is 5. The van der Waals surface area contributed by atoms with Gasteiger partial charge in [0.05, 0.1) is 23.3 Å². The number of piperidine rings is 1. The summed E-state index contributed by atoms with van der Waals surface area (Å²) < 4.78 is 7.64. The maximum Gasteiger partial charge on any atom is 0.266 e. The van der Waals surface area contributed by atoms with E-state index < -0.39 is 48.2 Å². The molecule has 0 spiro atoms. The molecular weight excluding hydrogens is 748 g/mol. The Kier molecular flexibility index (Phi) is 10.6. The number of aliphatic imine (C=N–C) groups is 1. The molecule has 0 radical (unpaired) electrons. The third-order valence-electron chi connectivity index (χ3n) is 9.77. The first-order valence-corrected chi connectivity index (χ1v) is 19.0. The minimum absolute atomic E-state index is 0.00279. The zero-order valence-electron chi connectivity index (χ0n) is 30.2. The number of hydrogen-bond donors (Lipinski definition) is 3. The Bertz CT molecular complexity index is 2280. The molecule has 6 amide bonds. The number of nitrogens with one attached hydrogen (secondary N) is 3. The van der Waals surface area contributed by atoms with E-state index >= 15 is 0 Å². The van der Waals surface area contributed by atoms with Gasteiger partial charge in [-0.05, 0) is 69.9 Å². The Balaban J connectivity index is 0.906. The highest BCUT2D eigenvalue weighted by molar-refractivity contribution is 7.15. The number of ether oxygens (including phenoxy) is 1. The number of aryl methyl sites for hydroxylation is 2. The van der Waals surface area contributed by atoms with Crippen LogP contribution in [0.25, 0.3) is 5.00 Å². The molecule has 4 aromatic rings. The molecule has 15 nitrogen and oxygen atoms in total. The van der Waals surface area contributed by atoms with Crippen LogP contribution in [0.3, 0.4) is 0 Å². The summed E-state index contributed by atoms with van der Waals surface area (Å²) in [5.41, 5.74) is 3.76. The van der Waals surface area contributed by atoms with Crippen molar-refractivity contribution in [2.75, 3.05) is 19.7 Å². The van der Waals surface area contributed by atoms with Crippen molar-refractivity contribution >= 4 is 64.1 Å². The molecule has 2 aromatic carbocycles. The SMILES string of the molecule is Cc1sc2c(c1C)C(c1ccc(Cl)cc1)=N[C@@H](CC(=O)NCCCCNC(=O)COc1cccc3c1C(=O)N(C1CCC(=O)NC1=O)C3=O)c1nnc(C)n1-2. The molecule has 0 saturated carbocycles. The summed E-state index contributed by atoms with van der Waals surface area (Å²) in [5.74, 6) is -1.88. The fourth-order valence-corrected chi connectivity index (χ4v) is 8.22. The Labute approximate surface area is 324 Å². The zero-order chi connectivity index (χ0) is 39.0. The molecule has 2 aromatic heterocycles. The molecule has 7 rings (SSSR count). The molecule has 0 aliphatic carbocycles. The van der Waals surface area contributed by atoms with Crippen LogP contribution in [0, 0.1) is 20.8 Å². The molecular formula is C38H37ClN8O7S. The van der Waals surface area contributed by atoms with Gasteiger partial charge in [-0.25, -0.2) is 0 Å². The predicted octanol–water partition coefficient (Wildman–Crippen LogP) is 3.68. The lowest BCUT2D eigenvalue weighted by Gasteiger charge is -2.27. The summed E-state index contributed by atoms with van der Waals surface area (Å²) >= 11 is 7.84. The van der Waals surface area contributed by atoms with Crippen molar-refractivity contribution in [2.45, 2.75) is 65.0 Å². The van der Waals surface area contributed by atoms with Gasteiger partial charge in [0.15, 0.2) is 12.4 Å². The van der Waals surface area contributed by atoms with Crippen LogP contribution in [-0.4, -0.2) is 86.6 Å². The van der Waals surface area contributed by atoms with Crippen LogP contribution in [0.4, 0.5) is 0 Å². The molecule has 3 N–H and O–H groups in total. The van der Waals surface area contributed by atoms with E-state index in [0.717, 1.165) is 37.2 Å². The van der Waals surface area contributed by atoms with E-state index in [0.29, 0.717) is 42.6 Å². The molecule has 55 heavy (non-hydrogen) atoms. The van der Waals surface area contributed by atoms with E-state index in [1.807, 2.05) is 35.8 Å². The lowest BCUT2D eigenvalue weighted by atomic mass is 9.99. The molecule has 2 atom stereocenters. The number of amides is 6. The van der Waals surface area contributed by atoms with Crippen LogP contribution >= 0.6 is 22.9 Å². The largest absolute Gasteiger partial charge is 0.483 e. The number of carbonyl (C=O) groups is 6. The first-order chi connectivity index (χ1) is 26.4. The Morgan fingerprint density at radius 3 is 2.40 bits per heavy atom. The number of halogens is 1. The lowest BCUT2D eigenvalue weighted by molar-refractivity contribution is -0.136. The molecule has 284 valence electrons. The summed E-state index contributed by atoms with van der Waals surface area (Å²) in [4.78, 5) is 83.3. The summed E-state index contributed by atoms with van der Waals surface area (Å²) in [7, 11) is 0. The molecule has 5 heterocycles. The van der Waals surface area contributed by atoms with E-state index in [9.17, 15) is 28.8 Å². The molecule has 3 aliphatic rings. The molecule has 3 aliphatic heterocycles. The summed E-state index contributed by atoms with van der Waals surface area (Å²) in [6.07, 6.45) is 1.23. The van der Waals surface area contributed by atoms with Crippen LogP contribution in [0.1, 0.15) is 92.1 Å². The van der Waals surface area contributed by atoms with Crippen LogP contribution in [0.5, 0.6) is 5.75 Å². The van der Waals surface area contributed by atoms with Crippen molar-refractivity contribution in [2.24, 2.45) is 4.99 Å². The van der Waals surface area contributed by atoms with Crippen molar-refractivity contribution in [1.29, 1.82) is 0 Å². The van der Waals surface area contributed by atoms with Gasteiger partial charge >= 0.3 is 0 Å². The Hall–Kier alpha value is -5.74. The van der Waals surface area contributed by atoms with Gasteiger partial charge in [0.2, 0.25) is 17.7 Å². The number of thiophene rings is 1. The number of hydrogen-bond acceptors (Lipinski definition) is 11. The monoisotopic (exact) mass is 784 g/mol. The summed E-state index contributed by atoms with van der Waals surface area (Å²) in [6.45, 7) is 6.30. The molecule has 1 fully saturated rings. The van der Waals surface area contributed by atoms with Crippen molar-refractivity contribution < 1.29 is 33.5 Å². The maximum absolute atomic E-state index is 13.3. The normalized spacial score (nSPS) is 17.5. The van der Waals surface area contributed by atoms with Crippen molar-refractivity contribution in [1.82, 2.24) is 35.6 Å². The third-order valence-corrected chi connectivity index (χ3v) is 11.2. The van der Waals surface area contributed by atoms with Gasteiger partial charge < -0.3 is 15.4 Å². The van der Waals surface area contributed by atoms with Gasteiger partial charge in [-0.15, -0.1) is 21.5 Å². The molecule has 17 heteroatoms. The lowest BCUT2D eigenvalue weighted by Crippen LogP contribution is -2.54. The number of imide groups is 2. The highest BCUT2D eigenvalue weighted by atomic mass is 35.5. The zero-order valence-corrected chi connectivity index (χ0v) is 31.8. The van der Waals surface area contributed by atoms with Crippen LogP contribution < -0.4 is 20.7 Å². The third kappa shape index (κ3) is 7.38. The van der Waals surface area contributed by atoms with Gasteiger partial charge in [-0.2, -0.15) is 0 Å². The minimum Gasteiger partial charge on any atom is -0.483 e. The predicted molar refractivity (Wildman–Crippen MR) is 202 cm³/mol. The number of rotatable bonds is 12. The van der Waals surface area contributed by atoms with Crippen LogP contribution in [-0.2, 0) is 19.2 Å². The number of benzene rings is 2. The Morgan fingerprint density at radius 2 is 1.67 bits per heavy atom. The average molecular weight is 785 g/mol. The highest BCUT2D eigenvalue weighted by Crippen LogP contribution is 2.40. The first-order valence-electron chi connectivity index (χ1n) is 17.8. The molecule has 1 unspecified atom stereocenters. The fourth-order valence-electron chi connectivity index (χ4n) is 6.88. The van der Waals surface area contributed by atoms with Gasteiger partial charge in [0, 0.05) is 40.5 Å². The van der Waals surface area contributed by atoms with Crippen molar-refractivity contribution in [3.8, 4) is 10.8 Å². The van der Waals surface area contributed by atoms with E-state index in [1.165, 1.54) is 18.2 Å². The maximum atomic E-state index is 13.3. The van der Waals surface area contributed by atoms with Gasteiger partial charge in [-0.1, -0.05) is 29.8 Å². The topological polar surface area (TPSA) is 194 Å². The highest BCUT2D eigenvalue weighted by Gasteiger charge is 2.46. The number of carbonyl (C=O) groups excluding carboxylic acids is 6. The second-order valence-corrected chi connectivity index (χ2v) is 15.1. The fraction of sp³-hybridized carbons (Fsp3) is 0.342. The molecule has 0 bridgehead atoms. The number of aromatic nitrogens is 3. The van der Waals surface area contributed by atoms with Gasteiger partial charge in [0.1, 0.15) is 28.7 Å². The van der Waals surface area contributed by atoms with Crippen LogP contribution in [0.15, 0.2) is 47.5 Å². The average Bonchev–Trinajstić information content (AvgIpc) is 3.73. The Morgan fingerprint density at radius 1 is 0.945 bits per heavy atom. The number of unbranched alkanes of at least 4 members (excludes halogenated alkanes) is 1.